The van der Waals surface area contributed by atoms with Gasteiger partial charge in [0.2, 0.25) is 0 Å². The number of halogens is 1. The maximum atomic E-state index is 6.01. The van der Waals surface area contributed by atoms with E-state index in [-0.39, 0.29) is 0 Å². The molecule has 0 atom stereocenters. The van der Waals surface area contributed by atoms with Crippen molar-refractivity contribution in [2.75, 3.05) is 32.7 Å². The highest BCUT2D eigenvalue weighted by Crippen LogP contribution is 2.22. The third-order valence-electron chi connectivity index (χ3n) is 3.86. The molecule has 0 unspecified atom stereocenters. The lowest BCUT2D eigenvalue weighted by Crippen LogP contribution is -2.30. The van der Waals surface area contributed by atoms with Gasteiger partial charge in [-0.3, -0.25) is 0 Å². The first-order valence-corrected chi connectivity index (χ1v) is 7.39. The van der Waals surface area contributed by atoms with Crippen molar-refractivity contribution in [2.24, 2.45) is 0 Å². The Kier molecular flexibility index (Phi) is 4.06. The molecule has 1 aliphatic heterocycles. The molecule has 2 N–H and O–H groups in total. The first-order chi connectivity index (χ1) is 9.33. The lowest BCUT2D eigenvalue weighted by molar-refractivity contribution is 0.296. The quantitative estimate of drug-likeness (QED) is 0.904. The fraction of sp³-hybridized carbons (Fsp3) is 0.467. The molecular formula is C15H20ClN3. The number of benzene rings is 1. The van der Waals surface area contributed by atoms with E-state index in [4.69, 9.17) is 11.6 Å². The van der Waals surface area contributed by atoms with Crippen molar-refractivity contribution < 1.29 is 0 Å². The summed E-state index contributed by atoms with van der Waals surface area (Å²) in [5.41, 5.74) is 2.53. The Morgan fingerprint density at radius 1 is 1.21 bits per heavy atom. The Balaban J connectivity index is 1.67. The molecule has 1 aromatic carbocycles. The van der Waals surface area contributed by atoms with E-state index < -0.39 is 0 Å². The average molecular weight is 278 g/mol. The van der Waals surface area contributed by atoms with Crippen LogP contribution in [0.15, 0.2) is 24.4 Å². The average Bonchev–Trinajstić information content (AvgIpc) is 2.63. The fourth-order valence-electron chi connectivity index (χ4n) is 2.77. The summed E-state index contributed by atoms with van der Waals surface area (Å²) in [4.78, 5) is 5.86. The summed E-state index contributed by atoms with van der Waals surface area (Å²) in [6.45, 7) is 5.78. The molecule has 0 radical (unpaired) electrons. The summed E-state index contributed by atoms with van der Waals surface area (Å²) in [5.74, 6) is 0. The standard InChI is InChI=1S/C15H20ClN3/c16-13-2-3-14-12(11-18-15(14)10-13)4-8-19-7-1-5-17-6-9-19/h2-3,10-11,17-18H,1,4-9H2. The van der Waals surface area contributed by atoms with Crippen LogP contribution < -0.4 is 5.32 Å². The van der Waals surface area contributed by atoms with Gasteiger partial charge in [0, 0.05) is 41.8 Å². The number of H-pyrrole nitrogens is 1. The van der Waals surface area contributed by atoms with Gasteiger partial charge in [-0.15, -0.1) is 0 Å². The van der Waals surface area contributed by atoms with E-state index in [0.29, 0.717) is 0 Å². The van der Waals surface area contributed by atoms with E-state index in [0.717, 1.165) is 43.1 Å². The van der Waals surface area contributed by atoms with Crippen molar-refractivity contribution in [1.29, 1.82) is 0 Å². The van der Waals surface area contributed by atoms with Crippen LogP contribution in [0.5, 0.6) is 0 Å². The predicted molar refractivity (Wildman–Crippen MR) is 80.9 cm³/mol. The lowest BCUT2D eigenvalue weighted by Gasteiger charge is -2.18. The monoisotopic (exact) mass is 277 g/mol. The van der Waals surface area contributed by atoms with Crippen molar-refractivity contribution in [1.82, 2.24) is 15.2 Å². The van der Waals surface area contributed by atoms with Crippen LogP contribution in [0.2, 0.25) is 5.02 Å². The van der Waals surface area contributed by atoms with E-state index in [1.54, 1.807) is 0 Å². The minimum atomic E-state index is 0.791. The summed E-state index contributed by atoms with van der Waals surface area (Å²) in [5, 5.41) is 5.54. The maximum absolute atomic E-state index is 6.01. The van der Waals surface area contributed by atoms with E-state index in [2.05, 4.69) is 27.5 Å². The molecule has 0 spiro atoms. The second kappa shape index (κ2) is 5.95. The Morgan fingerprint density at radius 3 is 3.11 bits per heavy atom. The Labute approximate surface area is 118 Å². The van der Waals surface area contributed by atoms with Gasteiger partial charge in [0.25, 0.3) is 0 Å². The third kappa shape index (κ3) is 3.11. The first kappa shape index (κ1) is 13.0. The fourth-order valence-corrected chi connectivity index (χ4v) is 2.94. The van der Waals surface area contributed by atoms with Crippen molar-refractivity contribution >= 4 is 22.5 Å². The minimum Gasteiger partial charge on any atom is -0.361 e. The van der Waals surface area contributed by atoms with Crippen molar-refractivity contribution in [2.45, 2.75) is 12.8 Å². The van der Waals surface area contributed by atoms with E-state index >= 15 is 0 Å². The van der Waals surface area contributed by atoms with Crippen LogP contribution in [0, 0.1) is 0 Å². The first-order valence-electron chi connectivity index (χ1n) is 7.01. The lowest BCUT2D eigenvalue weighted by atomic mass is 10.1. The maximum Gasteiger partial charge on any atom is 0.0471 e. The number of hydrogen-bond acceptors (Lipinski definition) is 2. The number of aromatic amines is 1. The highest BCUT2D eigenvalue weighted by Gasteiger charge is 2.10. The molecule has 102 valence electrons. The minimum absolute atomic E-state index is 0.791. The molecule has 1 aromatic heterocycles. The zero-order chi connectivity index (χ0) is 13.1. The van der Waals surface area contributed by atoms with Crippen LogP contribution in [-0.4, -0.2) is 42.6 Å². The number of aromatic nitrogens is 1. The van der Waals surface area contributed by atoms with Crippen LogP contribution in [0.4, 0.5) is 0 Å². The smallest absolute Gasteiger partial charge is 0.0471 e. The molecule has 0 saturated carbocycles. The molecular weight excluding hydrogens is 258 g/mol. The molecule has 2 heterocycles. The van der Waals surface area contributed by atoms with Gasteiger partial charge in [-0.1, -0.05) is 17.7 Å². The van der Waals surface area contributed by atoms with Gasteiger partial charge in [0.1, 0.15) is 0 Å². The molecule has 3 rings (SSSR count). The van der Waals surface area contributed by atoms with Crippen LogP contribution in [-0.2, 0) is 6.42 Å². The van der Waals surface area contributed by atoms with E-state index in [1.165, 1.54) is 23.9 Å². The highest BCUT2D eigenvalue weighted by atomic mass is 35.5. The SMILES string of the molecule is Clc1ccc2c(CCN3CCCNCC3)c[nH]c2c1. The van der Waals surface area contributed by atoms with Crippen molar-refractivity contribution in [3.05, 3.63) is 35.0 Å². The number of rotatable bonds is 3. The molecule has 3 nitrogen and oxygen atoms in total. The molecule has 0 amide bonds. The topological polar surface area (TPSA) is 31.1 Å². The normalized spacial score (nSPS) is 17.7. The molecule has 0 aliphatic carbocycles. The largest absolute Gasteiger partial charge is 0.361 e. The van der Waals surface area contributed by atoms with Crippen LogP contribution in [0.1, 0.15) is 12.0 Å². The van der Waals surface area contributed by atoms with Gasteiger partial charge in [0.15, 0.2) is 0 Å². The second-order valence-electron chi connectivity index (χ2n) is 5.20. The summed E-state index contributed by atoms with van der Waals surface area (Å²) in [6.07, 6.45) is 4.47. The van der Waals surface area contributed by atoms with Crippen LogP contribution >= 0.6 is 11.6 Å². The summed E-state index contributed by atoms with van der Waals surface area (Å²) in [6, 6.07) is 6.08. The van der Waals surface area contributed by atoms with E-state index in [1.807, 2.05) is 12.1 Å². The van der Waals surface area contributed by atoms with Gasteiger partial charge >= 0.3 is 0 Å². The number of nitrogens with zero attached hydrogens (tertiary/aromatic N) is 1. The molecule has 1 fully saturated rings. The Hall–Kier alpha value is -1.03. The number of fused-ring (bicyclic) bond motifs is 1. The zero-order valence-corrected chi connectivity index (χ0v) is 11.8. The number of hydrogen-bond donors (Lipinski definition) is 2. The molecule has 4 heteroatoms. The predicted octanol–water partition coefficient (Wildman–Crippen LogP) is 2.66. The van der Waals surface area contributed by atoms with Gasteiger partial charge < -0.3 is 15.2 Å². The summed E-state index contributed by atoms with van der Waals surface area (Å²) in [7, 11) is 0. The van der Waals surface area contributed by atoms with Gasteiger partial charge in [0.05, 0.1) is 0 Å². The van der Waals surface area contributed by atoms with Crippen molar-refractivity contribution in [3.8, 4) is 0 Å². The van der Waals surface area contributed by atoms with Crippen LogP contribution in [0.25, 0.3) is 10.9 Å². The zero-order valence-electron chi connectivity index (χ0n) is 11.1. The van der Waals surface area contributed by atoms with Gasteiger partial charge in [-0.25, -0.2) is 0 Å². The van der Waals surface area contributed by atoms with Crippen LogP contribution in [0.3, 0.4) is 0 Å². The van der Waals surface area contributed by atoms with E-state index in [9.17, 15) is 0 Å². The Morgan fingerprint density at radius 2 is 2.16 bits per heavy atom. The third-order valence-corrected chi connectivity index (χ3v) is 4.09. The number of nitrogens with one attached hydrogen (secondary N) is 2. The molecule has 2 aromatic rings. The molecule has 1 aliphatic rings. The van der Waals surface area contributed by atoms with Gasteiger partial charge in [-0.2, -0.15) is 0 Å². The molecule has 19 heavy (non-hydrogen) atoms. The molecule has 1 saturated heterocycles. The Bertz CT molecular complexity index is 541. The summed E-state index contributed by atoms with van der Waals surface area (Å²) < 4.78 is 0. The van der Waals surface area contributed by atoms with Gasteiger partial charge in [-0.05, 0) is 43.6 Å². The van der Waals surface area contributed by atoms with Crippen molar-refractivity contribution in [3.63, 3.8) is 0 Å². The highest BCUT2D eigenvalue weighted by molar-refractivity contribution is 6.31. The second-order valence-corrected chi connectivity index (χ2v) is 5.64. The summed E-state index contributed by atoms with van der Waals surface area (Å²) >= 11 is 6.01. The molecule has 0 bridgehead atoms.